The van der Waals surface area contributed by atoms with Gasteiger partial charge in [-0.25, -0.2) is 0 Å². The highest BCUT2D eigenvalue weighted by molar-refractivity contribution is 7.96. The van der Waals surface area contributed by atoms with Crippen LogP contribution in [-0.4, -0.2) is 5.12 Å². The summed E-state index contributed by atoms with van der Waals surface area (Å²) in [5.74, 6) is 0. The van der Waals surface area contributed by atoms with E-state index >= 15 is 0 Å². The molecule has 2 heteroatoms. The first-order valence-corrected chi connectivity index (χ1v) is 3.17. The summed E-state index contributed by atoms with van der Waals surface area (Å²) in [5.41, 5.74) is 0.303. The summed E-state index contributed by atoms with van der Waals surface area (Å²) in [5, 5.41) is -0.241. The van der Waals surface area contributed by atoms with Crippen molar-refractivity contribution in [3.05, 3.63) is 12.2 Å². The van der Waals surface area contributed by atoms with Crippen molar-refractivity contribution in [3.8, 4) is 0 Å². The third-order valence-electron chi connectivity index (χ3n) is 1.58. The van der Waals surface area contributed by atoms with Gasteiger partial charge in [-0.3, -0.25) is 4.79 Å². The van der Waals surface area contributed by atoms with Crippen LogP contribution in [0.1, 0.15) is 20.8 Å². The highest BCUT2D eigenvalue weighted by atomic mass is 32.1. The third kappa shape index (κ3) is 1.79. The smallest absolute Gasteiger partial charge is 0.228 e. The second-order valence-corrected chi connectivity index (χ2v) is 3.06. The van der Waals surface area contributed by atoms with E-state index in [1.165, 1.54) is 0 Å². The lowest BCUT2D eigenvalue weighted by Crippen LogP contribution is -2.19. The molecule has 0 atom stereocenters. The molecule has 0 amide bonds. The van der Waals surface area contributed by atoms with Crippen LogP contribution in [0.2, 0.25) is 0 Å². The maximum atomic E-state index is 10.7. The first kappa shape index (κ1) is 8.63. The number of rotatable bonds is 2. The Morgan fingerprint density at radius 2 is 1.89 bits per heavy atom. The van der Waals surface area contributed by atoms with Crippen molar-refractivity contribution in [3.63, 3.8) is 0 Å². The van der Waals surface area contributed by atoms with Crippen LogP contribution >= 0.6 is 12.6 Å². The summed E-state index contributed by atoms with van der Waals surface area (Å²) in [6, 6.07) is 0. The largest absolute Gasteiger partial charge is 0.281 e. The Labute approximate surface area is 61.6 Å². The van der Waals surface area contributed by atoms with Gasteiger partial charge in [-0.05, 0) is 33.4 Å². The Bertz CT molecular complexity index is 131. The zero-order chi connectivity index (χ0) is 7.65. The van der Waals surface area contributed by atoms with Crippen molar-refractivity contribution < 1.29 is 4.79 Å². The average Bonchev–Trinajstić information content (AvgIpc) is 1.65. The summed E-state index contributed by atoms with van der Waals surface area (Å²) >= 11 is 4.49. The molecule has 1 radical (unpaired) electrons. The second kappa shape index (κ2) is 2.48. The molecular formula is C7H11OS. The Morgan fingerprint density at radius 3 is 1.89 bits per heavy atom. The Hall–Kier alpha value is -0.370. The Balaban J connectivity index is 4.38. The molecule has 0 bridgehead atoms. The fourth-order valence-corrected chi connectivity index (χ4v) is 0.348. The van der Waals surface area contributed by atoms with Gasteiger partial charge in [0.05, 0.1) is 5.41 Å². The third-order valence-corrected chi connectivity index (χ3v) is 2.09. The predicted octanol–water partition coefficient (Wildman–Crippen LogP) is 2.31. The second-order valence-electron chi connectivity index (χ2n) is 2.69. The SMILES string of the molecule is C=C(C)C(C)(C)C(=O)[S]. The molecule has 0 saturated heterocycles. The van der Waals surface area contributed by atoms with Gasteiger partial charge in [0, 0.05) is 0 Å². The molecule has 0 aromatic carbocycles. The molecular weight excluding hydrogens is 132 g/mol. The van der Waals surface area contributed by atoms with E-state index in [0.29, 0.717) is 0 Å². The van der Waals surface area contributed by atoms with Crippen LogP contribution in [0.5, 0.6) is 0 Å². The van der Waals surface area contributed by atoms with Gasteiger partial charge in [0.15, 0.2) is 0 Å². The van der Waals surface area contributed by atoms with E-state index in [1.807, 2.05) is 6.92 Å². The minimum absolute atomic E-state index is 0.241. The lowest BCUT2D eigenvalue weighted by Gasteiger charge is -2.18. The first-order valence-electron chi connectivity index (χ1n) is 2.76. The molecule has 0 aliphatic heterocycles. The van der Waals surface area contributed by atoms with Crippen molar-refractivity contribution in [2.24, 2.45) is 5.41 Å². The minimum Gasteiger partial charge on any atom is -0.281 e. The Morgan fingerprint density at radius 1 is 1.56 bits per heavy atom. The van der Waals surface area contributed by atoms with Crippen molar-refractivity contribution in [2.75, 3.05) is 0 Å². The molecule has 9 heavy (non-hydrogen) atoms. The van der Waals surface area contributed by atoms with Gasteiger partial charge in [0.2, 0.25) is 5.12 Å². The fraction of sp³-hybridized carbons (Fsp3) is 0.571. The molecule has 0 saturated carbocycles. The van der Waals surface area contributed by atoms with E-state index < -0.39 is 5.41 Å². The van der Waals surface area contributed by atoms with Gasteiger partial charge in [0.1, 0.15) is 0 Å². The van der Waals surface area contributed by atoms with E-state index in [1.54, 1.807) is 13.8 Å². The number of allylic oxidation sites excluding steroid dienone is 1. The molecule has 0 aromatic rings. The Kier molecular flexibility index (Phi) is 2.38. The molecule has 0 spiro atoms. The van der Waals surface area contributed by atoms with E-state index in [9.17, 15) is 4.79 Å². The van der Waals surface area contributed by atoms with Gasteiger partial charge >= 0.3 is 0 Å². The van der Waals surface area contributed by atoms with Crippen molar-refractivity contribution in [1.82, 2.24) is 0 Å². The zero-order valence-corrected chi connectivity index (χ0v) is 6.84. The molecule has 0 N–H and O–H groups in total. The number of carbonyl (C=O) groups excluding carboxylic acids is 1. The van der Waals surface area contributed by atoms with E-state index in [0.717, 1.165) is 5.57 Å². The van der Waals surface area contributed by atoms with Gasteiger partial charge < -0.3 is 0 Å². The molecule has 1 nitrogen and oxygen atoms in total. The van der Waals surface area contributed by atoms with E-state index in [4.69, 9.17) is 0 Å². The molecule has 0 aromatic heterocycles. The quantitative estimate of drug-likeness (QED) is 0.542. The summed E-state index contributed by atoms with van der Waals surface area (Å²) in [7, 11) is 0. The van der Waals surface area contributed by atoms with Gasteiger partial charge in [0.25, 0.3) is 0 Å². The van der Waals surface area contributed by atoms with Crippen molar-refractivity contribution in [1.29, 1.82) is 0 Å². The van der Waals surface area contributed by atoms with Gasteiger partial charge in [-0.1, -0.05) is 12.2 Å². The van der Waals surface area contributed by atoms with Crippen LogP contribution in [0.3, 0.4) is 0 Å². The summed E-state index contributed by atoms with van der Waals surface area (Å²) in [4.78, 5) is 10.7. The summed E-state index contributed by atoms with van der Waals surface area (Å²) in [6.45, 7) is 9.04. The maximum absolute atomic E-state index is 10.7. The van der Waals surface area contributed by atoms with Crippen LogP contribution in [0, 0.1) is 5.41 Å². The van der Waals surface area contributed by atoms with E-state index in [2.05, 4.69) is 19.2 Å². The topological polar surface area (TPSA) is 17.1 Å². The zero-order valence-electron chi connectivity index (χ0n) is 6.02. The molecule has 0 heterocycles. The monoisotopic (exact) mass is 143 g/mol. The highest BCUT2D eigenvalue weighted by Gasteiger charge is 2.25. The van der Waals surface area contributed by atoms with Crippen molar-refractivity contribution >= 4 is 17.7 Å². The molecule has 0 aliphatic rings. The summed E-state index contributed by atoms with van der Waals surface area (Å²) in [6.07, 6.45) is 0. The van der Waals surface area contributed by atoms with Crippen LogP contribution in [-0.2, 0) is 4.79 Å². The van der Waals surface area contributed by atoms with Gasteiger partial charge in [-0.2, -0.15) is 0 Å². The minimum atomic E-state index is -0.519. The lowest BCUT2D eigenvalue weighted by molar-refractivity contribution is -0.116. The molecule has 0 fully saturated rings. The first-order chi connectivity index (χ1) is 3.89. The van der Waals surface area contributed by atoms with Crippen LogP contribution in [0.15, 0.2) is 12.2 Å². The van der Waals surface area contributed by atoms with Crippen LogP contribution in [0.25, 0.3) is 0 Å². The fourth-order valence-electron chi connectivity index (χ4n) is 0.174. The predicted molar refractivity (Wildman–Crippen MR) is 41.2 cm³/mol. The standard InChI is InChI=1S/C7H11OS/c1-5(2)7(3,4)6(8)9/h1H2,2-4H3. The molecule has 51 valence electrons. The number of hydrogen-bond acceptors (Lipinski definition) is 1. The molecule has 0 unspecified atom stereocenters. The number of hydrogen-bond donors (Lipinski definition) is 0. The normalized spacial score (nSPS) is 11.0. The number of carbonyl (C=O) groups is 1. The van der Waals surface area contributed by atoms with Crippen molar-refractivity contribution in [2.45, 2.75) is 20.8 Å². The molecule has 0 aliphatic carbocycles. The maximum Gasteiger partial charge on any atom is 0.228 e. The lowest BCUT2D eigenvalue weighted by atomic mass is 9.88. The summed E-state index contributed by atoms with van der Waals surface area (Å²) < 4.78 is 0. The molecule has 0 rings (SSSR count). The average molecular weight is 143 g/mol. The highest BCUT2D eigenvalue weighted by Crippen LogP contribution is 2.26. The van der Waals surface area contributed by atoms with Crippen LogP contribution < -0.4 is 0 Å². The van der Waals surface area contributed by atoms with Gasteiger partial charge in [-0.15, -0.1) is 0 Å². The van der Waals surface area contributed by atoms with E-state index in [-0.39, 0.29) is 5.12 Å². The van der Waals surface area contributed by atoms with Crippen LogP contribution in [0.4, 0.5) is 0 Å².